The molecule has 2 saturated carbocycles. The van der Waals surface area contributed by atoms with Gasteiger partial charge >= 0.3 is 0 Å². The van der Waals surface area contributed by atoms with Crippen LogP contribution in [0, 0.1) is 35.0 Å². The van der Waals surface area contributed by atoms with Gasteiger partial charge in [0.2, 0.25) is 0 Å². The monoisotopic (exact) mass is 422 g/mol. The fourth-order valence-corrected chi connectivity index (χ4v) is 6.24. The number of carbonyl (C=O) groups excluding carboxylic acids is 1. The minimum atomic E-state index is -1.25. The van der Waals surface area contributed by atoms with Crippen LogP contribution in [0.2, 0.25) is 0 Å². The van der Waals surface area contributed by atoms with E-state index >= 15 is 0 Å². The van der Waals surface area contributed by atoms with Gasteiger partial charge in [-0.05, 0) is 56.3 Å². The number of methoxy groups -OCH3 is 2. The molecule has 2 fully saturated rings. The highest BCUT2D eigenvalue weighted by atomic mass is 16.7. The summed E-state index contributed by atoms with van der Waals surface area (Å²) in [7, 11) is 3.22. The summed E-state index contributed by atoms with van der Waals surface area (Å²) in [6.45, 7) is 16.6. The first kappa shape index (κ1) is 25.3. The maximum atomic E-state index is 14.4. The molecule has 2 rings (SSSR count). The van der Waals surface area contributed by atoms with Crippen LogP contribution < -0.4 is 0 Å². The first-order valence-electron chi connectivity index (χ1n) is 11.2. The van der Waals surface area contributed by atoms with Crippen LogP contribution in [0.5, 0.6) is 0 Å². The quantitative estimate of drug-likeness (QED) is 0.395. The summed E-state index contributed by atoms with van der Waals surface area (Å²) in [6.07, 6.45) is 6.50. The number of rotatable bonds is 11. The van der Waals surface area contributed by atoms with Crippen molar-refractivity contribution in [1.82, 2.24) is 0 Å². The molecule has 0 aromatic rings. The number of allylic oxidation sites excluding steroid dienone is 1. The molecule has 0 spiro atoms. The molecule has 0 bridgehead atoms. The van der Waals surface area contributed by atoms with Crippen LogP contribution in [-0.4, -0.2) is 49.7 Å². The summed E-state index contributed by atoms with van der Waals surface area (Å²) < 4.78 is 17.0. The Morgan fingerprint density at radius 2 is 1.83 bits per heavy atom. The van der Waals surface area contributed by atoms with E-state index in [0.717, 1.165) is 12.8 Å². The molecule has 2 aliphatic carbocycles. The first-order chi connectivity index (χ1) is 14.1. The van der Waals surface area contributed by atoms with Gasteiger partial charge in [0.1, 0.15) is 18.2 Å². The molecular formula is C25H42O5. The Bertz CT molecular complexity index is 631. The summed E-state index contributed by atoms with van der Waals surface area (Å²) in [5.74, 6) is 0.109. The maximum absolute atomic E-state index is 14.4. The molecule has 30 heavy (non-hydrogen) atoms. The third-order valence-corrected chi connectivity index (χ3v) is 8.14. The lowest BCUT2D eigenvalue weighted by molar-refractivity contribution is -0.188. The minimum absolute atomic E-state index is 0.00245. The molecule has 0 aromatic heterocycles. The Balaban J connectivity index is 2.56. The van der Waals surface area contributed by atoms with Gasteiger partial charge in [0.25, 0.3) is 0 Å². The van der Waals surface area contributed by atoms with E-state index in [0.29, 0.717) is 19.4 Å². The second kappa shape index (κ2) is 9.64. The van der Waals surface area contributed by atoms with Gasteiger partial charge in [-0.1, -0.05) is 32.9 Å². The number of carbonyl (C=O) groups is 1. The van der Waals surface area contributed by atoms with Gasteiger partial charge in [0, 0.05) is 14.2 Å². The van der Waals surface area contributed by atoms with Crippen LogP contribution in [-0.2, 0) is 19.0 Å². The highest BCUT2D eigenvalue weighted by Gasteiger charge is 2.65. The summed E-state index contributed by atoms with van der Waals surface area (Å²) in [6, 6.07) is 0. The van der Waals surface area contributed by atoms with Gasteiger partial charge in [-0.2, -0.15) is 0 Å². The minimum Gasteiger partial charge on any atom is -0.384 e. The lowest BCUT2D eigenvalue weighted by Gasteiger charge is -2.46. The maximum Gasteiger partial charge on any atom is 0.148 e. The van der Waals surface area contributed by atoms with Crippen molar-refractivity contribution in [3.8, 4) is 0 Å². The van der Waals surface area contributed by atoms with E-state index in [1.807, 2.05) is 13.0 Å². The van der Waals surface area contributed by atoms with Crippen LogP contribution in [0.4, 0.5) is 0 Å². The fraction of sp³-hybridized carbons (Fsp3) is 0.800. The third kappa shape index (κ3) is 3.94. The lowest BCUT2D eigenvalue weighted by atomic mass is 9.61. The molecule has 172 valence electrons. The highest BCUT2D eigenvalue weighted by molar-refractivity contribution is 5.90. The molecule has 1 N–H and O–H groups in total. The summed E-state index contributed by atoms with van der Waals surface area (Å²) in [4.78, 5) is 14.4. The Kier molecular flexibility index (Phi) is 8.11. The average molecular weight is 423 g/mol. The van der Waals surface area contributed by atoms with E-state index in [1.165, 1.54) is 0 Å². The number of hydrogen-bond donors (Lipinski definition) is 1. The van der Waals surface area contributed by atoms with Crippen molar-refractivity contribution in [2.24, 2.45) is 35.0 Å². The van der Waals surface area contributed by atoms with Gasteiger partial charge in [-0.25, -0.2) is 0 Å². The average Bonchev–Trinajstić information content (AvgIpc) is 3.22. The van der Waals surface area contributed by atoms with Crippen LogP contribution in [0.1, 0.15) is 53.4 Å². The van der Waals surface area contributed by atoms with Crippen LogP contribution >= 0.6 is 0 Å². The fourth-order valence-electron chi connectivity index (χ4n) is 6.24. The molecule has 0 aromatic carbocycles. The molecule has 0 saturated heterocycles. The van der Waals surface area contributed by atoms with E-state index < -0.39 is 22.5 Å². The van der Waals surface area contributed by atoms with Crippen molar-refractivity contribution >= 4 is 5.78 Å². The third-order valence-electron chi connectivity index (χ3n) is 8.14. The molecule has 7 atom stereocenters. The number of hydrogen-bond acceptors (Lipinski definition) is 5. The predicted molar refractivity (Wildman–Crippen MR) is 119 cm³/mol. The van der Waals surface area contributed by atoms with Gasteiger partial charge in [0.05, 0.1) is 23.5 Å². The second-order valence-corrected chi connectivity index (χ2v) is 9.94. The van der Waals surface area contributed by atoms with Gasteiger partial charge < -0.3 is 19.3 Å². The molecule has 5 heteroatoms. The van der Waals surface area contributed by atoms with Crippen molar-refractivity contribution in [3.63, 3.8) is 0 Å². The van der Waals surface area contributed by atoms with Crippen molar-refractivity contribution in [2.45, 2.75) is 64.6 Å². The summed E-state index contributed by atoms with van der Waals surface area (Å²) >= 11 is 0. The van der Waals surface area contributed by atoms with Gasteiger partial charge in [-0.3, -0.25) is 4.79 Å². The van der Waals surface area contributed by atoms with E-state index in [4.69, 9.17) is 14.2 Å². The zero-order valence-electron chi connectivity index (χ0n) is 19.8. The molecule has 0 radical (unpaired) electrons. The second-order valence-electron chi connectivity index (χ2n) is 9.94. The van der Waals surface area contributed by atoms with Crippen LogP contribution in [0.3, 0.4) is 0 Å². The molecule has 0 aliphatic heterocycles. The number of ketones is 1. The van der Waals surface area contributed by atoms with Crippen LogP contribution in [0.15, 0.2) is 25.3 Å². The SMILES string of the molecule is C=C[C@H](C)[C@@H]1CC[C@@](COC)(OCOC)[C@H]1C(=O)[C@@]1(C)CC[C@@H](C(C)C)[C@@]1(O)C=C. The summed E-state index contributed by atoms with van der Waals surface area (Å²) in [5.41, 5.74) is -2.94. The largest absolute Gasteiger partial charge is 0.384 e. The highest BCUT2D eigenvalue weighted by Crippen LogP contribution is 2.58. The zero-order valence-corrected chi connectivity index (χ0v) is 19.8. The number of aliphatic hydroxyl groups is 1. The van der Waals surface area contributed by atoms with Gasteiger partial charge in [0.15, 0.2) is 0 Å². The number of ether oxygens (including phenoxy) is 3. The summed E-state index contributed by atoms with van der Waals surface area (Å²) in [5, 5.41) is 11.8. The van der Waals surface area contributed by atoms with E-state index in [1.54, 1.807) is 20.3 Å². The Hall–Kier alpha value is -1.01. The normalized spacial score (nSPS) is 39.9. The smallest absolute Gasteiger partial charge is 0.148 e. The van der Waals surface area contributed by atoms with Crippen LogP contribution in [0.25, 0.3) is 0 Å². The van der Waals surface area contributed by atoms with Gasteiger partial charge in [-0.15, -0.1) is 13.2 Å². The number of Topliss-reactive ketones (excluding diaryl/α,β-unsaturated/α-hetero) is 1. The van der Waals surface area contributed by atoms with Crippen molar-refractivity contribution in [2.75, 3.05) is 27.6 Å². The Morgan fingerprint density at radius 3 is 2.33 bits per heavy atom. The zero-order chi connectivity index (χ0) is 22.7. The lowest BCUT2D eigenvalue weighted by Crippen LogP contribution is -2.57. The van der Waals surface area contributed by atoms with E-state index in [2.05, 4.69) is 33.9 Å². The predicted octanol–water partition coefficient (Wildman–Crippen LogP) is 4.40. The molecule has 5 nitrogen and oxygen atoms in total. The molecule has 2 aliphatic rings. The van der Waals surface area contributed by atoms with Crippen molar-refractivity contribution in [1.29, 1.82) is 0 Å². The Labute approximate surface area is 182 Å². The standard InChI is InChI=1S/C25H42O5/c1-9-18(5)19-11-14-24(15-28-7,30-16-29-8)21(19)22(26)23(6)13-12-20(17(3)4)25(23,27)10-2/h9-10,17-21,27H,1-2,11-16H2,3-8H3/t18-,19-,20-,21+,23+,24-,25-/m0/s1. The van der Waals surface area contributed by atoms with E-state index in [-0.39, 0.29) is 36.2 Å². The molecule has 0 heterocycles. The van der Waals surface area contributed by atoms with Crippen molar-refractivity contribution < 1.29 is 24.1 Å². The topological polar surface area (TPSA) is 65.0 Å². The van der Waals surface area contributed by atoms with E-state index in [9.17, 15) is 9.90 Å². The first-order valence-corrected chi connectivity index (χ1v) is 11.2. The Morgan fingerprint density at radius 1 is 1.17 bits per heavy atom. The molecule has 0 amide bonds. The molecular weight excluding hydrogens is 380 g/mol. The molecule has 0 unspecified atom stereocenters. The van der Waals surface area contributed by atoms with Crippen molar-refractivity contribution in [3.05, 3.63) is 25.3 Å².